The average Bonchev–Trinajstić information content (AvgIpc) is 3.60. The number of halogens is 5. The number of amides is 4. The molecular formula is C50H64Cl5N4O13PS. The first kappa shape index (κ1) is 65.9. The molecule has 0 bridgehead atoms. The summed E-state index contributed by atoms with van der Waals surface area (Å²) in [5.74, 6) is -2.19. The number of carboxylic acid groups (broad SMARTS) is 1. The molecule has 3 aliphatic rings. The molecule has 3 aromatic rings. The topological polar surface area (TPSA) is 232 Å². The number of para-hydroxylation sites is 3. The highest BCUT2D eigenvalue weighted by Crippen LogP contribution is 2.38. The van der Waals surface area contributed by atoms with Crippen molar-refractivity contribution in [1.29, 1.82) is 0 Å². The molecule has 0 saturated heterocycles. The summed E-state index contributed by atoms with van der Waals surface area (Å²) in [5.41, 5.74) is 5.89. The first-order valence-corrected chi connectivity index (χ1v) is 29.5. The number of anilines is 3. The molecule has 1 aliphatic carbocycles. The number of esters is 1. The molecule has 3 aromatic carbocycles. The Balaban J connectivity index is 0.000000345. The highest BCUT2D eigenvalue weighted by Gasteiger charge is 2.40. The van der Waals surface area contributed by atoms with Crippen LogP contribution in [0.4, 0.5) is 17.1 Å². The third-order valence-electron chi connectivity index (χ3n) is 10.3. The normalized spacial score (nSPS) is 15.6. The van der Waals surface area contributed by atoms with Crippen molar-refractivity contribution in [3.63, 3.8) is 0 Å². The zero-order chi connectivity index (χ0) is 55.9. The van der Waals surface area contributed by atoms with Crippen LogP contribution in [-0.4, -0.2) is 120 Å². The summed E-state index contributed by atoms with van der Waals surface area (Å²) in [7, 11) is -3.71. The number of nitrogens with zero attached hydrogens (tertiary/aromatic N) is 3. The molecule has 4 amide bonds. The van der Waals surface area contributed by atoms with Crippen molar-refractivity contribution >= 4 is 135 Å². The second-order valence-corrected chi connectivity index (χ2v) is 22.7. The number of imide groups is 1. The van der Waals surface area contributed by atoms with Crippen LogP contribution in [0, 0.1) is 6.92 Å². The van der Waals surface area contributed by atoms with E-state index in [1.165, 1.54) is 11.0 Å². The largest absolute Gasteiger partial charge is 0.778 e. The first-order valence-electron chi connectivity index (χ1n) is 23.1. The number of alkyl halides is 3. The number of benzene rings is 3. The minimum atomic E-state index is -4.35. The summed E-state index contributed by atoms with van der Waals surface area (Å²) in [6.07, 6.45) is 11.2. The lowest BCUT2D eigenvalue weighted by Gasteiger charge is -2.35. The standard InChI is InChI=1S/C19H17Cl2NO4.C14H20ClNO2.C11H11Cl2NO2.C3H8NO5P.C3H9S/c1-2-26-19(25)16(21)10-11-9-12(7-8-15(11)20)22-17(23)13-5-3-4-6-14(13)18(22)24;1-4-12-8-6-7-11(3)14(12)16(10-18-5-2)13(17)9-15;1-7-6-16-9-5-3-2-4-8(9)14(7)11(15)10(12)13;5-3(6)1-4-2-10(7,8)9;1-4(2)3/h7-10H,2-6H2,1H3;6-8H,4-5,9-10H2,1-3H3;2-5,7,10H,6H2,1H3;4H,1-2H2,(H,5,6)(H2,7,8,9);1-3H3/q;;;;+1/p-1/b16-10-;;;;. The number of hydrogen-bond acceptors (Lipinski definition) is 12. The van der Waals surface area contributed by atoms with Crippen molar-refractivity contribution in [2.24, 2.45) is 0 Å². The van der Waals surface area contributed by atoms with Crippen molar-refractivity contribution in [2.75, 3.05) is 78.7 Å². The number of nitrogens with one attached hydrogen (secondary N) is 1. The van der Waals surface area contributed by atoms with Crippen molar-refractivity contribution in [2.45, 2.75) is 77.6 Å². The lowest BCUT2D eigenvalue weighted by atomic mass is 9.93. The van der Waals surface area contributed by atoms with E-state index in [1.54, 1.807) is 34.9 Å². The SMILES string of the molecule is CC1COc2ccccc2N1C(=O)C(Cl)Cl.CCOC(=O)/C(Cl)=C/c1cc(N2C(=O)C3=C(CCCC3)C2=O)ccc1Cl.CCOCN(C(=O)CCl)c1c(C)cccc1CC.C[S+](C)C.O=C(O)CNCP(=O)([O-])O. The Morgan fingerprint density at radius 3 is 2.12 bits per heavy atom. The van der Waals surface area contributed by atoms with Gasteiger partial charge in [-0.2, -0.15) is 0 Å². The van der Waals surface area contributed by atoms with Crippen molar-refractivity contribution in [3.8, 4) is 5.75 Å². The predicted octanol–water partition coefficient (Wildman–Crippen LogP) is 8.61. The van der Waals surface area contributed by atoms with Crippen molar-refractivity contribution < 1.29 is 62.4 Å². The Labute approximate surface area is 460 Å². The Bertz CT molecular complexity index is 2500. The summed E-state index contributed by atoms with van der Waals surface area (Å²) in [4.78, 5) is 91.9. The van der Waals surface area contributed by atoms with E-state index in [-0.39, 0.29) is 53.9 Å². The van der Waals surface area contributed by atoms with Crippen LogP contribution in [-0.2, 0) is 60.1 Å². The molecule has 74 heavy (non-hydrogen) atoms. The molecule has 408 valence electrons. The summed E-state index contributed by atoms with van der Waals surface area (Å²) in [6.45, 7) is 10.5. The van der Waals surface area contributed by atoms with Gasteiger partial charge in [0.05, 0.1) is 61.3 Å². The summed E-state index contributed by atoms with van der Waals surface area (Å²) in [5, 5.41) is 10.2. The number of rotatable bonds is 15. The monoisotopic (exact) mass is 1170 g/mol. The molecule has 3 N–H and O–H groups in total. The van der Waals surface area contributed by atoms with E-state index in [9.17, 15) is 38.2 Å². The van der Waals surface area contributed by atoms with Gasteiger partial charge in [-0.3, -0.25) is 34.2 Å². The Morgan fingerprint density at radius 1 is 0.986 bits per heavy atom. The van der Waals surface area contributed by atoms with Gasteiger partial charge >= 0.3 is 11.9 Å². The molecule has 2 unspecified atom stereocenters. The van der Waals surface area contributed by atoms with Gasteiger partial charge in [-0.05, 0) is 124 Å². The Hall–Kier alpha value is -4.17. The number of ether oxygens (including phenoxy) is 3. The fourth-order valence-electron chi connectivity index (χ4n) is 7.10. The first-order chi connectivity index (χ1) is 34.8. The minimum absolute atomic E-state index is 0.0371. The number of hydrogen-bond donors (Lipinski definition) is 3. The maximum absolute atomic E-state index is 12.7. The van der Waals surface area contributed by atoms with Gasteiger partial charge in [-0.15, -0.1) is 11.6 Å². The van der Waals surface area contributed by atoms with Gasteiger partial charge in [0, 0.05) is 22.8 Å². The molecule has 0 fully saturated rings. The third-order valence-corrected chi connectivity index (χ3v) is 12.1. The third kappa shape index (κ3) is 21.1. The summed E-state index contributed by atoms with van der Waals surface area (Å²) in [6, 6.07) is 18.0. The molecule has 17 nitrogen and oxygen atoms in total. The van der Waals surface area contributed by atoms with Gasteiger partial charge in [-0.1, -0.05) is 83.7 Å². The van der Waals surface area contributed by atoms with Crippen LogP contribution in [0.5, 0.6) is 5.75 Å². The lowest BCUT2D eigenvalue weighted by Crippen LogP contribution is -2.47. The quantitative estimate of drug-likeness (QED) is 0.0246. The van der Waals surface area contributed by atoms with Gasteiger partial charge in [0.1, 0.15) is 37.6 Å². The average molecular weight is 1170 g/mol. The summed E-state index contributed by atoms with van der Waals surface area (Å²) >= 11 is 29.1. The molecule has 0 radical (unpaired) electrons. The van der Waals surface area contributed by atoms with E-state index in [1.807, 2.05) is 68.6 Å². The number of carbonyl (C=O) groups excluding carboxylic acids is 5. The highest BCUT2D eigenvalue weighted by atomic mass is 35.5. The van der Waals surface area contributed by atoms with E-state index in [0.29, 0.717) is 70.1 Å². The Morgan fingerprint density at radius 2 is 1.59 bits per heavy atom. The fourth-order valence-corrected chi connectivity index (χ4v) is 8.20. The van der Waals surface area contributed by atoms with Gasteiger partial charge in [0.25, 0.3) is 17.7 Å². The van der Waals surface area contributed by atoms with E-state index in [0.717, 1.165) is 41.8 Å². The molecule has 2 aliphatic heterocycles. The van der Waals surface area contributed by atoms with Gasteiger partial charge in [0.2, 0.25) is 5.91 Å². The number of carbonyl (C=O) groups is 6. The molecule has 0 aromatic heterocycles. The maximum Gasteiger partial charge on any atom is 0.349 e. The predicted molar refractivity (Wildman–Crippen MR) is 295 cm³/mol. The van der Waals surface area contributed by atoms with E-state index < -0.39 is 37.2 Å². The summed E-state index contributed by atoms with van der Waals surface area (Å²) < 4.78 is 25.7. The van der Waals surface area contributed by atoms with Crippen LogP contribution in [0.15, 0.2) is 76.8 Å². The lowest BCUT2D eigenvalue weighted by molar-refractivity contribution is -0.193. The molecule has 6 rings (SSSR count). The van der Waals surface area contributed by atoms with E-state index in [2.05, 4.69) is 25.7 Å². The van der Waals surface area contributed by atoms with Crippen LogP contribution in [0.1, 0.15) is 70.1 Å². The number of carboxylic acids is 1. The van der Waals surface area contributed by atoms with Gasteiger partial charge in [-0.25, -0.2) is 9.69 Å². The minimum Gasteiger partial charge on any atom is -0.778 e. The van der Waals surface area contributed by atoms with E-state index in [4.69, 9.17) is 82.2 Å². The molecule has 0 saturated carbocycles. The van der Waals surface area contributed by atoms with Crippen LogP contribution in [0.3, 0.4) is 0 Å². The number of aliphatic carboxylic acids is 1. The molecule has 2 heterocycles. The second-order valence-electron chi connectivity index (χ2n) is 16.5. The highest BCUT2D eigenvalue weighted by molar-refractivity contribution is 7.94. The zero-order valence-electron chi connectivity index (χ0n) is 42.5. The van der Waals surface area contributed by atoms with Crippen LogP contribution < -0.4 is 29.6 Å². The fraction of sp³-hybridized carbons (Fsp3) is 0.440. The maximum atomic E-state index is 12.7. The molecule has 2 atom stereocenters. The van der Waals surface area contributed by atoms with Crippen LogP contribution in [0.2, 0.25) is 5.02 Å². The van der Waals surface area contributed by atoms with Crippen molar-refractivity contribution in [3.05, 3.63) is 98.6 Å². The second kappa shape index (κ2) is 33.1. The number of fused-ring (bicyclic) bond motifs is 1. The number of aryl methyl sites for hydroxylation is 2. The Kier molecular flexibility index (Phi) is 29.5. The van der Waals surface area contributed by atoms with Crippen molar-refractivity contribution in [1.82, 2.24) is 5.32 Å². The van der Waals surface area contributed by atoms with Gasteiger partial charge in [0.15, 0.2) is 4.84 Å². The zero-order valence-corrected chi connectivity index (χ0v) is 48.0. The van der Waals surface area contributed by atoms with Gasteiger partial charge < -0.3 is 38.6 Å². The molecular weight excluding hydrogens is 1100 g/mol. The molecule has 0 spiro atoms. The van der Waals surface area contributed by atoms with E-state index >= 15 is 0 Å². The van der Waals surface area contributed by atoms with Crippen LogP contribution >= 0.6 is 65.6 Å². The van der Waals surface area contributed by atoms with Crippen LogP contribution in [0.25, 0.3) is 6.08 Å². The molecule has 24 heteroatoms. The smallest absolute Gasteiger partial charge is 0.349 e.